The normalized spacial score (nSPS) is 11.8. The summed E-state index contributed by atoms with van der Waals surface area (Å²) in [4.78, 5) is 11.7. The summed E-state index contributed by atoms with van der Waals surface area (Å²) in [5.74, 6) is -0.144. The Kier molecular flexibility index (Phi) is 9.11. The quantitative estimate of drug-likeness (QED) is 0.356. The minimum Gasteiger partial charge on any atom is -0.464 e. The van der Waals surface area contributed by atoms with Crippen LogP contribution in [0.1, 0.15) is 37.0 Å². The van der Waals surface area contributed by atoms with Gasteiger partial charge in [0.2, 0.25) is 5.91 Å². The molecule has 8 heteroatoms. The van der Waals surface area contributed by atoms with E-state index in [1.165, 1.54) is 24.3 Å². The number of alkyl halides is 3. The first kappa shape index (κ1) is 26.0. The highest BCUT2D eigenvalue weighted by molar-refractivity contribution is 5.86. The highest BCUT2D eigenvalue weighted by Crippen LogP contribution is 2.37. The number of hydrogen-bond donors (Lipinski definition) is 2. The van der Waals surface area contributed by atoms with Gasteiger partial charge in [-0.1, -0.05) is 25.6 Å². The van der Waals surface area contributed by atoms with Gasteiger partial charge < -0.3 is 19.9 Å². The summed E-state index contributed by atoms with van der Waals surface area (Å²) < 4.78 is 47.5. The van der Waals surface area contributed by atoms with Crippen LogP contribution < -0.4 is 14.8 Å². The van der Waals surface area contributed by atoms with Crippen LogP contribution in [0.4, 0.5) is 13.2 Å². The molecule has 0 aliphatic heterocycles. The molecule has 0 aliphatic rings. The number of carbonyl (C=O) groups excluding carboxylic acids is 1. The Morgan fingerprint density at radius 1 is 1.24 bits per heavy atom. The number of aliphatic hydroxyl groups is 1. The second-order valence-corrected chi connectivity index (χ2v) is 7.42. The molecule has 0 spiro atoms. The molecule has 0 atom stereocenters. The van der Waals surface area contributed by atoms with Crippen molar-refractivity contribution in [3.63, 3.8) is 0 Å². The maximum atomic E-state index is 12.5. The number of rotatable bonds is 10. The molecule has 1 amide bonds. The molecule has 0 saturated heterocycles. The van der Waals surface area contributed by atoms with Gasteiger partial charge in [0.1, 0.15) is 11.5 Å². The van der Waals surface area contributed by atoms with Gasteiger partial charge >= 0.3 is 6.36 Å². The minimum absolute atomic E-state index is 0.127. The van der Waals surface area contributed by atoms with E-state index in [1.54, 1.807) is 6.26 Å². The van der Waals surface area contributed by atoms with Crippen molar-refractivity contribution in [3.05, 3.63) is 71.5 Å². The lowest BCUT2D eigenvalue weighted by atomic mass is 9.91. The highest BCUT2D eigenvalue weighted by atomic mass is 19.4. The summed E-state index contributed by atoms with van der Waals surface area (Å²) in [6.45, 7) is 9.24. The number of ether oxygens (including phenoxy) is 2. The van der Waals surface area contributed by atoms with Gasteiger partial charge in [0.25, 0.3) is 0 Å². The average molecular weight is 463 g/mol. The highest BCUT2D eigenvalue weighted by Gasteiger charge is 2.31. The number of amides is 1. The Morgan fingerprint density at radius 3 is 2.45 bits per heavy atom. The summed E-state index contributed by atoms with van der Waals surface area (Å²) in [6, 6.07) is 7.37. The van der Waals surface area contributed by atoms with E-state index in [1.807, 2.05) is 26.8 Å². The van der Waals surface area contributed by atoms with Crippen LogP contribution in [0.2, 0.25) is 0 Å². The van der Waals surface area contributed by atoms with Crippen molar-refractivity contribution in [2.24, 2.45) is 0 Å². The number of carbonyl (C=O) groups is 1. The first-order chi connectivity index (χ1) is 15.6. The smallest absolute Gasteiger partial charge is 0.464 e. The predicted octanol–water partition coefficient (Wildman–Crippen LogP) is 5.59. The molecule has 178 valence electrons. The van der Waals surface area contributed by atoms with E-state index in [-0.39, 0.29) is 24.8 Å². The summed E-state index contributed by atoms with van der Waals surface area (Å²) in [6.07, 6.45) is -0.890. The minimum atomic E-state index is -4.77. The fourth-order valence-corrected chi connectivity index (χ4v) is 3.20. The molecule has 33 heavy (non-hydrogen) atoms. The maximum Gasteiger partial charge on any atom is 0.573 e. The lowest BCUT2D eigenvalue weighted by Crippen LogP contribution is -2.21. The van der Waals surface area contributed by atoms with E-state index in [4.69, 9.17) is 4.74 Å². The summed E-state index contributed by atoms with van der Waals surface area (Å²) in [7, 11) is 0. The molecule has 0 heterocycles. The van der Waals surface area contributed by atoms with Crippen molar-refractivity contribution in [2.45, 2.75) is 46.5 Å². The van der Waals surface area contributed by atoms with Gasteiger partial charge in [-0.05, 0) is 78.8 Å². The van der Waals surface area contributed by atoms with E-state index in [0.29, 0.717) is 23.3 Å². The molecule has 0 radical (unpaired) electrons. The second-order valence-electron chi connectivity index (χ2n) is 7.42. The largest absolute Gasteiger partial charge is 0.573 e. The van der Waals surface area contributed by atoms with Crippen LogP contribution in [0.5, 0.6) is 11.5 Å². The lowest BCUT2D eigenvalue weighted by molar-refractivity contribution is -0.274. The van der Waals surface area contributed by atoms with Crippen LogP contribution in [0.25, 0.3) is 11.1 Å². The number of allylic oxidation sites excluding steroid dienone is 1. The molecule has 2 aromatic carbocycles. The third-order valence-electron chi connectivity index (χ3n) is 5.06. The number of hydrogen-bond acceptors (Lipinski definition) is 4. The van der Waals surface area contributed by atoms with Crippen molar-refractivity contribution in [2.75, 3.05) is 6.61 Å². The average Bonchev–Trinajstić information content (AvgIpc) is 2.77. The molecule has 2 rings (SSSR count). The Labute approximate surface area is 191 Å². The standard InChI is InChI=1S/C25H28F3NO4/c1-5-16(3)15-32-24-17(4)22(18-7-9-20(10-8-18)33-25(26,27)28)13-19(21(24)11-12-30)14-29-23(31)6-2/h6-10,13,15,30H,2,5,11-12,14H2,1,3-4H3,(H,29,31)/b16-15+. The van der Waals surface area contributed by atoms with E-state index in [2.05, 4.69) is 16.6 Å². The monoisotopic (exact) mass is 463 g/mol. The molecule has 0 saturated carbocycles. The third-order valence-corrected chi connectivity index (χ3v) is 5.06. The Balaban J connectivity index is 2.60. The topological polar surface area (TPSA) is 67.8 Å². The molecule has 5 nitrogen and oxygen atoms in total. The van der Waals surface area contributed by atoms with Crippen molar-refractivity contribution >= 4 is 5.91 Å². The van der Waals surface area contributed by atoms with Crippen LogP contribution >= 0.6 is 0 Å². The molecule has 0 bridgehead atoms. The van der Waals surface area contributed by atoms with Gasteiger partial charge in [0, 0.05) is 18.7 Å². The third kappa shape index (κ3) is 7.39. The zero-order valence-electron chi connectivity index (χ0n) is 18.9. The first-order valence-electron chi connectivity index (χ1n) is 10.4. The molecule has 0 aromatic heterocycles. The van der Waals surface area contributed by atoms with Gasteiger partial charge in [-0.15, -0.1) is 13.2 Å². The van der Waals surface area contributed by atoms with E-state index >= 15 is 0 Å². The Bertz CT molecular complexity index is 1010. The summed E-state index contributed by atoms with van der Waals surface area (Å²) in [5, 5.41) is 12.4. The van der Waals surface area contributed by atoms with Crippen LogP contribution in [-0.2, 0) is 17.8 Å². The molecular weight excluding hydrogens is 435 g/mol. The van der Waals surface area contributed by atoms with Crippen molar-refractivity contribution in [1.29, 1.82) is 0 Å². The van der Waals surface area contributed by atoms with Crippen molar-refractivity contribution in [1.82, 2.24) is 5.32 Å². The van der Waals surface area contributed by atoms with Gasteiger partial charge in [-0.25, -0.2) is 0 Å². The van der Waals surface area contributed by atoms with Crippen molar-refractivity contribution in [3.8, 4) is 22.6 Å². The van der Waals surface area contributed by atoms with E-state index in [0.717, 1.165) is 34.8 Å². The van der Waals surface area contributed by atoms with Crippen LogP contribution in [0, 0.1) is 6.92 Å². The number of halogens is 3. The zero-order chi connectivity index (χ0) is 24.6. The lowest BCUT2D eigenvalue weighted by Gasteiger charge is -2.20. The SMILES string of the molecule is C=CC(=O)NCc1cc(-c2ccc(OC(F)(F)F)cc2)c(C)c(O/C=C(\C)CC)c1CCO. The van der Waals surface area contributed by atoms with Gasteiger partial charge in [-0.3, -0.25) is 4.79 Å². The second kappa shape index (κ2) is 11.6. The number of nitrogens with one attached hydrogen (secondary N) is 1. The van der Waals surface area contributed by atoms with Crippen LogP contribution in [0.15, 0.2) is 54.8 Å². The van der Waals surface area contributed by atoms with Gasteiger partial charge in [-0.2, -0.15) is 0 Å². The first-order valence-corrected chi connectivity index (χ1v) is 10.4. The fourth-order valence-electron chi connectivity index (χ4n) is 3.20. The fraction of sp³-hybridized carbons (Fsp3) is 0.320. The van der Waals surface area contributed by atoms with Crippen LogP contribution in [0.3, 0.4) is 0 Å². The van der Waals surface area contributed by atoms with Gasteiger partial charge in [0.15, 0.2) is 0 Å². The molecule has 2 aromatic rings. The number of benzene rings is 2. The molecule has 2 N–H and O–H groups in total. The van der Waals surface area contributed by atoms with E-state index < -0.39 is 6.36 Å². The zero-order valence-corrected chi connectivity index (χ0v) is 18.9. The maximum absolute atomic E-state index is 12.5. The van der Waals surface area contributed by atoms with Crippen molar-refractivity contribution < 1.29 is 32.5 Å². The molecule has 0 aliphatic carbocycles. The van der Waals surface area contributed by atoms with E-state index in [9.17, 15) is 23.1 Å². The molecule has 0 unspecified atom stereocenters. The summed E-state index contributed by atoms with van der Waals surface area (Å²) in [5.41, 5.74) is 4.57. The van der Waals surface area contributed by atoms with Gasteiger partial charge in [0.05, 0.1) is 6.26 Å². The van der Waals surface area contributed by atoms with Crippen LogP contribution in [-0.4, -0.2) is 24.0 Å². The molecule has 0 fully saturated rings. The number of aliphatic hydroxyl groups excluding tert-OH is 1. The predicted molar refractivity (Wildman–Crippen MR) is 121 cm³/mol. The Morgan fingerprint density at radius 2 is 1.91 bits per heavy atom. The Hall–Kier alpha value is -3.26. The molecular formula is C25H28F3NO4. The summed E-state index contributed by atoms with van der Waals surface area (Å²) >= 11 is 0.